The summed E-state index contributed by atoms with van der Waals surface area (Å²) in [4.78, 5) is 17.7. The summed E-state index contributed by atoms with van der Waals surface area (Å²) in [5, 5.41) is 6.68. The summed E-state index contributed by atoms with van der Waals surface area (Å²) in [7, 11) is 5.32. The first kappa shape index (κ1) is 22.0. The van der Waals surface area contributed by atoms with E-state index in [0.29, 0.717) is 12.1 Å². The second-order valence-electron chi connectivity index (χ2n) is 6.87. The molecule has 1 aromatic rings. The minimum Gasteiger partial charge on any atom is -0.356 e. The van der Waals surface area contributed by atoms with Crippen molar-refractivity contribution in [2.75, 3.05) is 27.7 Å². The summed E-state index contributed by atoms with van der Waals surface area (Å²) in [5.74, 6) is 0.848. The van der Waals surface area contributed by atoms with E-state index in [0.717, 1.165) is 18.1 Å². The number of hydrogen-bond acceptors (Lipinski definition) is 2. The van der Waals surface area contributed by atoms with Gasteiger partial charge in [0.15, 0.2) is 5.96 Å². The fourth-order valence-electron chi connectivity index (χ4n) is 2.72. The van der Waals surface area contributed by atoms with Crippen molar-refractivity contribution in [3.8, 4) is 0 Å². The number of carbonyl (C=O) groups is 1. The minimum absolute atomic E-state index is 0.0247. The number of carbonyl (C=O) groups excluding carboxylic acids is 1. The van der Waals surface area contributed by atoms with Gasteiger partial charge in [-0.05, 0) is 24.1 Å². The molecule has 0 heterocycles. The van der Waals surface area contributed by atoms with Crippen molar-refractivity contribution in [2.45, 2.75) is 58.4 Å². The predicted molar refractivity (Wildman–Crippen MR) is 111 cm³/mol. The van der Waals surface area contributed by atoms with E-state index in [9.17, 15) is 4.79 Å². The first-order valence-corrected chi connectivity index (χ1v) is 9.83. The number of rotatable bonds is 11. The van der Waals surface area contributed by atoms with Gasteiger partial charge in [0.2, 0.25) is 0 Å². The number of amides is 1. The van der Waals surface area contributed by atoms with Gasteiger partial charge in [-0.2, -0.15) is 0 Å². The van der Waals surface area contributed by atoms with Crippen LogP contribution in [0.5, 0.6) is 0 Å². The number of nitrogens with zero attached hydrogens (tertiary/aromatic N) is 2. The highest BCUT2D eigenvalue weighted by Gasteiger charge is 2.07. The van der Waals surface area contributed by atoms with Crippen LogP contribution in [-0.4, -0.2) is 44.5 Å². The Morgan fingerprint density at radius 2 is 1.58 bits per heavy atom. The van der Waals surface area contributed by atoms with Crippen LogP contribution in [0.1, 0.15) is 67.8 Å². The van der Waals surface area contributed by atoms with Crippen LogP contribution in [0.2, 0.25) is 0 Å². The molecule has 146 valence electrons. The van der Waals surface area contributed by atoms with Gasteiger partial charge in [0, 0.05) is 39.8 Å². The topological polar surface area (TPSA) is 56.7 Å². The number of guanidine groups is 1. The average molecular weight is 361 g/mol. The zero-order chi connectivity index (χ0) is 19.2. The van der Waals surface area contributed by atoms with Gasteiger partial charge in [0.25, 0.3) is 5.91 Å². The van der Waals surface area contributed by atoms with Crippen molar-refractivity contribution in [3.63, 3.8) is 0 Å². The van der Waals surface area contributed by atoms with Gasteiger partial charge in [0.05, 0.1) is 0 Å². The second-order valence-corrected chi connectivity index (χ2v) is 6.87. The quantitative estimate of drug-likeness (QED) is 0.358. The Labute approximate surface area is 159 Å². The summed E-state index contributed by atoms with van der Waals surface area (Å²) >= 11 is 0. The lowest BCUT2D eigenvalue weighted by molar-refractivity contribution is 0.0827. The first-order valence-electron chi connectivity index (χ1n) is 9.83. The number of benzene rings is 1. The van der Waals surface area contributed by atoms with Gasteiger partial charge in [-0.1, -0.05) is 57.6 Å². The number of unbranched alkanes of at least 4 members (excludes halogenated alkanes) is 6. The summed E-state index contributed by atoms with van der Waals surface area (Å²) in [6, 6.07) is 7.70. The number of hydrogen-bond donors (Lipinski definition) is 2. The van der Waals surface area contributed by atoms with Crippen LogP contribution >= 0.6 is 0 Å². The Kier molecular flexibility index (Phi) is 11.2. The van der Waals surface area contributed by atoms with Crippen molar-refractivity contribution in [3.05, 3.63) is 35.4 Å². The SMILES string of the molecule is CCCCCCCCCNC(=NC)NCc1ccc(C(=O)N(C)C)cc1. The smallest absolute Gasteiger partial charge is 0.253 e. The van der Waals surface area contributed by atoms with E-state index in [1.807, 2.05) is 24.3 Å². The molecule has 0 aliphatic heterocycles. The third kappa shape index (κ3) is 8.88. The van der Waals surface area contributed by atoms with Gasteiger partial charge in [-0.15, -0.1) is 0 Å². The maximum atomic E-state index is 11.9. The molecule has 1 rings (SSSR count). The zero-order valence-corrected chi connectivity index (χ0v) is 17.0. The van der Waals surface area contributed by atoms with Crippen molar-refractivity contribution < 1.29 is 4.79 Å². The second kappa shape index (κ2) is 13.2. The molecule has 0 saturated carbocycles. The van der Waals surface area contributed by atoms with Crippen LogP contribution in [0.25, 0.3) is 0 Å². The maximum Gasteiger partial charge on any atom is 0.253 e. The number of aliphatic imine (C=N–C) groups is 1. The molecule has 0 aromatic heterocycles. The summed E-state index contributed by atoms with van der Waals surface area (Å²) in [5.41, 5.74) is 1.83. The molecule has 5 heteroatoms. The monoisotopic (exact) mass is 360 g/mol. The Morgan fingerprint density at radius 3 is 2.15 bits per heavy atom. The summed E-state index contributed by atoms with van der Waals surface area (Å²) < 4.78 is 0. The molecule has 1 amide bonds. The molecular weight excluding hydrogens is 324 g/mol. The molecule has 0 atom stereocenters. The normalized spacial score (nSPS) is 11.3. The van der Waals surface area contributed by atoms with E-state index in [2.05, 4.69) is 22.5 Å². The fraction of sp³-hybridized carbons (Fsp3) is 0.619. The van der Waals surface area contributed by atoms with Gasteiger partial charge >= 0.3 is 0 Å². The summed E-state index contributed by atoms with van der Waals surface area (Å²) in [6.45, 7) is 3.89. The molecule has 0 bridgehead atoms. The largest absolute Gasteiger partial charge is 0.356 e. The van der Waals surface area contributed by atoms with E-state index in [1.54, 1.807) is 26.0 Å². The Bertz CT molecular complexity index is 537. The molecule has 0 saturated heterocycles. The van der Waals surface area contributed by atoms with Gasteiger partial charge in [-0.3, -0.25) is 9.79 Å². The van der Waals surface area contributed by atoms with E-state index in [4.69, 9.17) is 0 Å². The van der Waals surface area contributed by atoms with E-state index < -0.39 is 0 Å². The molecule has 0 aliphatic rings. The standard InChI is InChI=1S/C21H36N4O/c1-5-6-7-8-9-10-11-16-23-21(22-2)24-17-18-12-14-19(15-13-18)20(26)25(3)4/h12-15H,5-11,16-17H2,1-4H3,(H2,22,23,24). The lowest BCUT2D eigenvalue weighted by Crippen LogP contribution is -2.37. The van der Waals surface area contributed by atoms with Gasteiger partial charge < -0.3 is 15.5 Å². The van der Waals surface area contributed by atoms with Crippen molar-refractivity contribution in [1.29, 1.82) is 0 Å². The van der Waals surface area contributed by atoms with Crippen LogP contribution in [0.3, 0.4) is 0 Å². The highest BCUT2D eigenvalue weighted by molar-refractivity contribution is 5.93. The molecule has 0 unspecified atom stereocenters. The Morgan fingerprint density at radius 1 is 0.962 bits per heavy atom. The third-order valence-corrected chi connectivity index (χ3v) is 4.36. The van der Waals surface area contributed by atoms with Gasteiger partial charge in [0.1, 0.15) is 0 Å². The fourth-order valence-corrected chi connectivity index (χ4v) is 2.72. The molecule has 5 nitrogen and oxygen atoms in total. The maximum absolute atomic E-state index is 11.9. The average Bonchev–Trinajstić information content (AvgIpc) is 2.66. The van der Waals surface area contributed by atoms with Crippen molar-refractivity contribution in [1.82, 2.24) is 15.5 Å². The molecule has 0 aliphatic carbocycles. The van der Waals surface area contributed by atoms with E-state index >= 15 is 0 Å². The predicted octanol–water partition coefficient (Wildman–Crippen LogP) is 3.80. The molecule has 0 fully saturated rings. The Hall–Kier alpha value is -2.04. The van der Waals surface area contributed by atoms with Crippen LogP contribution in [0.15, 0.2) is 29.3 Å². The van der Waals surface area contributed by atoms with Crippen LogP contribution in [0.4, 0.5) is 0 Å². The van der Waals surface area contributed by atoms with Crippen LogP contribution in [-0.2, 0) is 6.54 Å². The minimum atomic E-state index is 0.0247. The zero-order valence-electron chi connectivity index (χ0n) is 17.0. The third-order valence-electron chi connectivity index (χ3n) is 4.36. The van der Waals surface area contributed by atoms with Crippen LogP contribution < -0.4 is 10.6 Å². The van der Waals surface area contributed by atoms with Crippen molar-refractivity contribution >= 4 is 11.9 Å². The van der Waals surface area contributed by atoms with Crippen LogP contribution in [0, 0.1) is 0 Å². The molecule has 2 N–H and O–H groups in total. The van der Waals surface area contributed by atoms with E-state index in [1.165, 1.54) is 44.9 Å². The van der Waals surface area contributed by atoms with Gasteiger partial charge in [-0.25, -0.2) is 0 Å². The van der Waals surface area contributed by atoms with Crippen molar-refractivity contribution in [2.24, 2.45) is 4.99 Å². The molecule has 0 spiro atoms. The van der Waals surface area contributed by atoms with E-state index in [-0.39, 0.29) is 5.91 Å². The molecule has 1 aromatic carbocycles. The summed E-state index contributed by atoms with van der Waals surface area (Å²) in [6.07, 6.45) is 9.16. The Balaban J connectivity index is 2.24. The highest BCUT2D eigenvalue weighted by atomic mass is 16.2. The first-order chi connectivity index (χ1) is 12.6. The highest BCUT2D eigenvalue weighted by Crippen LogP contribution is 2.07. The molecule has 0 radical (unpaired) electrons. The lowest BCUT2D eigenvalue weighted by Gasteiger charge is -2.13. The lowest BCUT2D eigenvalue weighted by atomic mass is 10.1. The molecule has 26 heavy (non-hydrogen) atoms. The number of nitrogens with one attached hydrogen (secondary N) is 2. The molecular formula is C21H36N4O.